The van der Waals surface area contributed by atoms with E-state index in [9.17, 15) is 4.79 Å². The quantitative estimate of drug-likeness (QED) is 0.845. The van der Waals surface area contributed by atoms with E-state index >= 15 is 0 Å². The summed E-state index contributed by atoms with van der Waals surface area (Å²) in [6.45, 7) is 10.7. The van der Waals surface area contributed by atoms with E-state index in [0.717, 1.165) is 29.4 Å². The first-order valence-electron chi connectivity index (χ1n) is 9.01. The van der Waals surface area contributed by atoms with Crippen LogP contribution in [0, 0.1) is 13.8 Å². The minimum Gasteiger partial charge on any atom is -0.495 e. The molecule has 26 heavy (non-hydrogen) atoms. The summed E-state index contributed by atoms with van der Waals surface area (Å²) >= 11 is 0. The van der Waals surface area contributed by atoms with Crippen molar-refractivity contribution >= 4 is 11.6 Å². The van der Waals surface area contributed by atoms with Gasteiger partial charge in [-0.15, -0.1) is 0 Å². The van der Waals surface area contributed by atoms with E-state index in [1.165, 1.54) is 0 Å². The monoisotopic (exact) mass is 356 g/mol. The normalized spacial score (nSPS) is 16.7. The third-order valence-electron chi connectivity index (χ3n) is 5.02. The van der Waals surface area contributed by atoms with Crippen molar-refractivity contribution in [3.63, 3.8) is 0 Å². The summed E-state index contributed by atoms with van der Waals surface area (Å²) in [6.07, 6.45) is 0. The molecule has 1 amide bonds. The second-order valence-electron chi connectivity index (χ2n) is 7.54. The van der Waals surface area contributed by atoms with Gasteiger partial charge in [0.2, 0.25) is 5.91 Å². The number of aryl methyl sites for hydroxylation is 2. The molecule has 0 saturated carbocycles. The van der Waals surface area contributed by atoms with Gasteiger partial charge in [-0.2, -0.15) is 5.10 Å². The topological polar surface area (TPSA) is 50.6 Å². The van der Waals surface area contributed by atoms with Crippen LogP contribution in [0.5, 0.6) is 5.75 Å². The molecule has 0 atom stereocenters. The molecule has 6 heteroatoms. The number of nitrogens with zero attached hydrogens (tertiary/aromatic N) is 4. The number of carbonyl (C=O) groups excluding carboxylic acids is 1. The number of piperazine rings is 1. The van der Waals surface area contributed by atoms with Crippen molar-refractivity contribution < 1.29 is 9.53 Å². The molecular formula is C20H28N4O2. The lowest BCUT2D eigenvalue weighted by Crippen LogP contribution is -2.61. The molecule has 0 aliphatic carbocycles. The van der Waals surface area contributed by atoms with Gasteiger partial charge in [0.05, 0.1) is 24.0 Å². The van der Waals surface area contributed by atoms with E-state index in [2.05, 4.69) is 29.9 Å². The number of rotatable bonds is 4. The molecule has 1 aromatic heterocycles. The fourth-order valence-electron chi connectivity index (χ4n) is 3.73. The first-order chi connectivity index (χ1) is 12.3. The summed E-state index contributed by atoms with van der Waals surface area (Å²) in [5.41, 5.74) is 2.85. The second kappa shape index (κ2) is 7.02. The van der Waals surface area contributed by atoms with Crippen molar-refractivity contribution in [2.24, 2.45) is 0 Å². The Labute approximate surface area is 155 Å². The highest BCUT2D eigenvalue weighted by atomic mass is 16.5. The van der Waals surface area contributed by atoms with Crippen molar-refractivity contribution in [1.82, 2.24) is 14.7 Å². The highest BCUT2D eigenvalue weighted by Gasteiger charge is 2.36. The predicted octanol–water partition coefficient (Wildman–Crippen LogP) is 2.64. The second-order valence-corrected chi connectivity index (χ2v) is 7.54. The lowest BCUT2D eigenvalue weighted by molar-refractivity contribution is -0.133. The molecule has 2 heterocycles. The van der Waals surface area contributed by atoms with Crippen LogP contribution >= 0.6 is 0 Å². The van der Waals surface area contributed by atoms with Gasteiger partial charge in [-0.05, 0) is 45.9 Å². The summed E-state index contributed by atoms with van der Waals surface area (Å²) in [5, 5.41) is 4.41. The van der Waals surface area contributed by atoms with Crippen LogP contribution < -0.4 is 9.64 Å². The van der Waals surface area contributed by atoms with Gasteiger partial charge in [0.1, 0.15) is 12.3 Å². The highest BCUT2D eigenvalue weighted by molar-refractivity contribution is 5.77. The van der Waals surface area contributed by atoms with E-state index in [1.54, 1.807) is 11.8 Å². The number of hydrogen-bond donors (Lipinski definition) is 0. The van der Waals surface area contributed by atoms with Crippen molar-refractivity contribution in [1.29, 1.82) is 0 Å². The Bertz CT molecular complexity index is 797. The molecule has 1 saturated heterocycles. The summed E-state index contributed by atoms with van der Waals surface area (Å²) < 4.78 is 7.32. The molecule has 0 spiro atoms. The first kappa shape index (κ1) is 18.3. The maximum absolute atomic E-state index is 12.8. The number of aromatic nitrogens is 2. The number of carbonyl (C=O) groups is 1. The zero-order chi connectivity index (χ0) is 18.9. The minimum atomic E-state index is -0.183. The number of benzene rings is 1. The zero-order valence-corrected chi connectivity index (χ0v) is 16.3. The van der Waals surface area contributed by atoms with Crippen molar-refractivity contribution in [2.45, 2.75) is 39.8 Å². The Hall–Kier alpha value is -2.50. The molecule has 0 bridgehead atoms. The fraction of sp³-hybridized carbons (Fsp3) is 0.500. The van der Waals surface area contributed by atoms with Crippen LogP contribution in [-0.4, -0.2) is 52.9 Å². The molecule has 0 N–H and O–H groups in total. The van der Waals surface area contributed by atoms with Crippen LogP contribution in [0.15, 0.2) is 30.3 Å². The average Bonchev–Trinajstić information content (AvgIpc) is 2.91. The SMILES string of the molecule is COc1ccccc1N1CCN(C(=O)Cn2nc(C)cc2C)CC1(C)C. The number of amides is 1. The molecule has 2 aromatic rings. The molecule has 0 unspecified atom stereocenters. The third kappa shape index (κ3) is 3.54. The van der Waals surface area contributed by atoms with Gasteiger partial charge in [-0.1, -0.05) is 12.1 Å². The van der Waals surface area contributed by atoms with Crippen LogP contribution in [0.2, 0.25) is 0 Å². The summed E-state index contributed by atoms with van der Waals surface area (Å²) in [5.74, 6) is 0.979. The molecule has 6 nitrogen and oxygen atoms in total. The fourth-order valence-corrected chi connectivity index (χ4v) is 3.73. The molecule has 1 aromatic carbocycles. The smallest absolute Gasteiger partial charge is 0.244 e. The Morgan fingerprint density at radius 3 is 2.58 bits per heavy atom. The summed E-state index contributed by atoms with van der Waals surface area (Å²) in [6, 6.07) is 10.0. The molecule has 1 aliphatic heterocycles. The Balaban J connectivity index is 1.74. The van der Waals surface area contributed by atoms with Crippen LogP contribution in [-0.2, 0) is 11.3 Å². The molecular weight excluding hydrogens is 328 g/mol. The van der Waals surface area contributed by atoms with E-state index in [0.29, 0.717) is 19.6 Å². The van der Waals surface area contributed by atoms with Gasteiger partial charge in [-0.3, -0.25) is 9.48 Å². The van der Waals surface area contributed by atoms with Gasteiger partial charge in [0.15, 0.2) is 0 Å². The maximum atomic E-state index is 12.8. The standard InChI is InChI=1S/C20H28N4O2/c1-15-12-16(2)24(21-15)13-19(25)22-10-11-23(20(3,4)14-22)17-8-6-7-9-18(17)26-5/h6-9,12H,10-11,13-14H2,1-5H3. The lowest BCUT2D eigenvalue weighted by atomic mass is 9.97. The third-order valence-corrected chi connectivity index (χ3v) is 5.02. The van der Waals surface area contributed by atoms with E-state index in [-0.39, 0.29) is 11.4 Å². The average molecular weight is 356 g/mol. The Morgan fingerprint density at radius 1 is 1.23 bits per heavy atom. The van der Waals surface area contributed by atoms with Gasteiger partial charge in [-0.25, -0.2) is 0 Å². The Kier molecular flexibility index (Phi) is 4.94. The van der Waals surface area contributed by atoms with Crippen molar-refractivity contribution in [3.8, 4) is 5.75 Å². The summed E-state index contributed by atoms with van der Waals surface area (Å²) in [7, 11) is 1.69. The number of ether oxygens (including phenoxy) is 1. The van der Waals surface area contributed by atoms with Crippen molar-refractivity contribution in [3.05, 3.63) is 41.7 Å². The minimum absolute atomic E-state index is 0.115. The summed E-state index contributed by atoms with van der Waals surface area (Å²) in [4.78, 5) is 17.1. The van der Waals surface area contributed by atoms with Gasteiger partial charge >= 0.3 is 0 Å². The molecule has 140 valence electrons. The van der Waals surface area contributed by atoms with Crippen LogP contribution in [0.25, 0.3) is 0 Å². The van der Waals surface area contributed by atoms with Gasteiger partial charge < -0.3 is 14.5 Å². The predicted molar refractivity (Wildman–Crippen MR) is 103 cm³/mol. The van der Waals surface area contributed by atoms with E-state index in [1.807, 2.05) is 43.0 Å². The van der Waals surface area contributed by atoms with Crippen LogP contribution in [0.1, 0.15) is 25.2 Å². The molecule has 1 aliphatic rings. The van der Waals surface area contributed by atoms with Gasteiger partial charge in [0.25, 0.3) is 0 Å². The van der Waals surface area contributed by atoms with Gasteiger partial charge in [0, 0.05) is 25.3 Å². The van der Waals surface area contributed by atoms with E-state index in [4.69, 9.17) is 4.74 Å². The number of para-hydroxylation sites is 2. The largest absolute Gasteiger partial charge is 0.495 e. The number of anilines is 1. The number of hydrogen-bond acceptors (Lipinski definition) is 4. The Morgan fingerprint density at radius 2 is 1.96 bits per heavy atom. The molecule has 3 rings (SSSR count). The zero-order valence-electron chi connectivity index (χ0n) is 16.3. The van der Waals surface area contributed by atoms with E-state index < -0.39 is 0 Å². The highest BCUT2D eigenvalue weighted by Crippen LogP contribution is 2.34. The number of methoxy groups -OCH3 is 1. The lowest BCUT2D eigenvalue weighted by Gasteiger charge is -2.48. The first-order valence-corrected chi connectivity index (χ1v) is 9.01. The van der Waals surface area contributed by atoms with Crippen LogP contribution in [0.4, 0.5) is 5.69 Å². The van der Waals surface area contributed by atoms with Crippen molar-refractivity contribution in [2.75, 3.05) is 31.6 Å². The van der Waals surface area contributed by atoms with Crippen LogP contribution in [0.3, 0.4) is 0 Å². The molecule has 0 radical (unpaired) electrons. The maximum Gasteiger partial charge on any atom is 0.244 e. The molecule has 1 fully saturated rings.